The Hall–Kier alpha value is -1.12. The van der Waals surface area contributed by atoms with Crippen LogP contribution in [0.5, 0.6) is 0 Å². The number of amides is 2. The second-order valence-corrected chi connectivity index (χ2v) is 7.05. The van der Waals surface area contributed by atoms with Crippen LogP contribution < -0.4 is 0 Å². The van der Waals surface area contributed by atoms with E-state index in [1.165, 1.54) is 87.7 Å². The van der Waals surface area contributed by atoms with Crippen molar-refractivity contribution in [3.63, 3.8) is 0 Å². The van der Waals surface area contributed by atoms with Crippen molar-refractivity contribution in [2.45, 2.75) is 90.9 Å². The highest BCUT2D eigenvalue weighted by atomic mass is 16.2. The van der Waals surface area contributed by atoms with E-state index < -0.39 is 0 Å². The second-order valence-electron chi connectivity index (χ2n) is 7.05. The van der Waals surface area contributed by atoms with Gasteiger partial charge >= 0.3 is 0 Å². The van der Waals surface area contributed by atoms with Gasteiger partial charge in [0.05, 0.1) is 0 Å². The van der Waals surface area contributed by atoms with E-state index in [4.69, 9.17) is 0 Å². The zero-order valence-electron chi connectivity index (χ0n) is 15.2. The molecule has 0 fully saturated rings. The first-order valence-electron chi connectivity index (χ1n) is 9.68. The van der Waals surface area contributed by atoms with Crippen LogP contribution in [0, 0.1) is 5.92 Å². The number of carbonyl (C=O) groups is 2. The summed E-state index contributed by atoms with van der Waals surface area (Å²) in [6.45, 7) is 4.97. The lowest BCUT2D eigenvalue weighted by molar-refractivity contribution is -0.137. The third-order valence-electron chi connectivity index (χ3n) is 4.70. The first-order valence-corrected chi connectivity index (χ1v) is 9.68. The zero-order valence-corrected chi connectivity index (χ0v) is 15.2. The summed E-state index contributed by atoms with van der Waals surface area (Å²) in [5.41, 5.74) is 0. The fraction of sp³-hybridized carbons (Fsp3) is 0.800. The highest BCUT2D eigenvalue weighted by Crippen LogP contribution is 2.16. The van der Waals surface area contributed by atoms with Gasteiger partial charge in [0.15, 0.2) is 0 Å². The average Bonchev–Trinajstić information content (AvgIpc) is 2.84. The van der Waals surface area contributed by atoms with Gasteiger partial charge in [0.2, 0.25) is 0 Å². The molecule has 1 aliphatic rings. The molecule has 0 radical (unpaired) electrons. The molecule has 1 heterocycles. The minimum Gasteiger partial charge on any atom is -0.275 e. The third kappa shape index (κ3) is 8.92. The molecule has 0 aliphatic carbocycles. The third-order valence-corrected chi connectivity index (χ3v) is 4.70. The Labute approximate surface area is 142 Å². The number of imide groups is 1. The summed E-state index contributed by atoms with van der Waals surface area (Å²) in [5.74, 6) is 0.0999. The molecule has 0 saturated carbocycles. The number of unbranched alkanes of at least 4 members (excludes halogenated alkanes) is 10. The van der Waals surface area contributed by atoms with Crippen LogP contribution in [0.15, 0.2) is 12.2 Å². The lowest BCUT2D eigenvalue weighted by Crippen LogP contribution is -2.34. The summed E-state index contributed by atoms with van der Waals surface area (Å²) in [5, 5.41) is 0. The molecule has 0 spiro atoms. The van der Waals surface area contributed by atoms with Crippen molar-refractivity contribution in [1.29, 1.82) is 0 Å². The Balaban J connectivity index is 1.89. The fourth-order valence-corrected chi connectivity index (χ4v) is 3.17. The summed E-state index contributed by atoms with van der Waals surface area (Å²) in [6.07, 6.45) is 18.7. The number of nitrogens with zero attached hydrogens (tertiary/aromatic N) is 1. The fourth-order valence-electron chi connectivity index (χ4n) is 3.17. The number of hydrogen-bond acceptors (Lipinski definition) is 2. The summed E-state index contributed by atoms with van der Waals surface area (Å²) < 4.78 is 0. The van der Waals surface area contributed by atoms with Gasteiger partial charge in [-0.1, -0.05) is 84.5 Å². The van der Waals surface area contributed by atoms with E-state index in [0.717, 1.165) is 6.42 Å². The summed E-state index contributed by atoms with van der Waals surface area (Å²) >= 11 is 0. The Kier molecular flexibility index (Phi) is 10.7. The van der Waals surface area contributed by atoms with Crippen LogP contribution in [0.1, 0.15) is 90.9 Å². The van der Waals surface area contributed by atoms with Crippen molar-refractivity contribution in [2.24, 2.45) is 5.92 Å². The molecule has 2 amide bonds. The maximum Gasteiger partial charge on any atom is 0.253 e. The quantitative estimate of drug-likeness (QED) is 0.324. The predicted molar refractivity (Wildman–Crippen MR) is 96.1 cm³/mol. The molecule has 0 bridgehead atoms. The van der Waals surface area contributed by atoms with Crippen LogP contribution >= 0.6 is 0 Å². The molecule has 0 aromatic heterocycles. The standard InChI is InChI=1S/C20H35NO2/c1-3-4-5-6-7-8-9-10-11-12-13-14-18(2)17-21-19(22)15-16-20(21)23/h15-16,18H,3-14,17H2,1-2H3. The number of carbonyl (C=O) groups excluding carboxylic acids is 2. The van der Waals surface area contributed by atoms with Crippen molar-refractivity contribution < 1.29 is 9.59 Å². The molecule has 1 aliphatic heterocycles. The maximum absolute atomic E-state index is 11.5. The molecule has 0 aromatic rings. The first kappa shape index (κ1) is 19.9. The van der Waals surface area contributed by atoms with Gasteiger partial charge in [-0.3, -0.25) is 14.5 Å². The van der Waals surface area contributed by atoms with Gasteiger partial charge in [-0.15, -0.1) is 0 Å². The number of hydrogen-bond donors (Lipinski definition) is 0. The molecule has 3 nitrogen and oxygen atoms in total. The summed E-state index contributed by atoms with van der Waals surface area (Å²) in [7, 11) is 0. The Morgan fingerprint density at radius 2 is 1.22 bits per heavy atom. The lowest BCUT2D eigenvalue weighted by Gasteiger charge is -2.19. The van der Waals surface area contributed by atoms with Crippen LogP contribution in [0.3, 0.4) is 0 Å². The Bertz CT molecular complexity index is 358. The Morgan fingerprint density at radius 3 is 1.70 bits per heavy atom. The van der Waals surface area contributed by atoms with Crippen molar-refractivity contribution in [3.8, 4) is 0 Å². The molecule has 23 heavy (non-hydrogen) atoms. The van der Waals surface area contributed by atoms with E-state index in [2.05, 4.69) is 13.8 Å². The summed E-state index contributed by atoms with van der Waals surface area (Å²) in [4.78, 5) is 24.4. The maximum atomic E-state index is 11.5. The minimum atomic E-state index is -0.152. The molecule has 1 rings (SSSR count). The van der Waals surface area contributed by atoms with Crippen LogP contribution in [0.4, 0.5) is 0 Å². The van der Waals surface area contributed by atoms with E-state index in [9.17, 15) is 9.59 Å². The Morgan fingerprint density at radius 1 is 0.783 bits per heavy atom. The predicted octanol–water partition coefficient (Wildman–Crippen LogP) is 5.25. The van der Waals surface area contributed by atoms with Crippen molar-refractivity contribution in [3.05, 3.63) is 12.2 Å². The molecule has 3 heteroatoms. The molecule has 0 N–H and O–H groups in total. The molecule has 0 aromatic carbocycles. The SMILES string of the molecule is CCCCCCCCCCCCCC(C)CN1C(=O)C=CC1=O. The smallest absolute Gasteiger partial charge is 0.253 e. The molecular weight excluding hydrogens is 286 g/mol. The van der Waals surface area contributed by atoms with E-state index in [-0.39, 0.29) is 11.8 Å². The molecule has 0 saturated heterocycles. The van der Waals surface area contributed by atoms with E-state index >= 15 is 0 Å². The normalized spacial score (nSPS) is 15.7. The topological polar surface area (TPSA) is 37.4 Å². The van der Waals surface area contributed by atoms with E-state index in [1.54, 1.807) is 0 Å². The van der Waals surface area contributed by atoms with Gasteiger partial charge in [-0.25, -0.2) is 0 Å². The van der Waals surface area contributed by atoms with Crippen LogP contribution in [0.2, 0.25) is 0 Å². The summed E-state index contributed by atoms with van der Waals surface area (Å²) in [6, 6.07) is 0. The minimum absolute atomic E-state index is 0.152. The van der Waals surface area contributed by atoms with Crippen LogP contribution in [-0.4, -0.2) is 23.3 Å². The van der Waals surface area contributed by atoms with Crippen LogP contribution in [-0.2, 0) is 9.59 Å². The van der Waals surface area contributed by atoms with Gasteiger partial charge in [0.25, 0.3) is 11.8 Å². The highest BCUT2D eigenvalue weighted by molar-refractivity contribution is 6.12. The zero-order chi connectivity index (χ0) is 16.9. The van der Waals surface area contributed by atoms with Crippen molar-refractivity contribution >= 4 is 11.8 Å². The molecule has 1 unspecified atom stereocenters. The van der Waals surface area contributed by atoms with Gasteiger partial charge in [-0.05, 0) is 12.3 Å². The monoisotopic (exact) mass is 321 g/mol. The van der Waals surface area contributed by atoms with Gasteiger partial charge in [0, 0.05) is 18.7 Å². The first-order chi connectivity index (χ1) is 11.1. The van der Waals surface area contributed by atoms with Crippen molar-refractivity contribution in [1.82, 2.24) is 4.90 Å². The van der Waals surface area contributed by atoms with Gasteiger partial charge in [0.1, 0.15) is 0 Å². The van der Waals surface area contributed by atoms with E-state index in [0.29, 0.717) is 12.5 Å². The number of rotatable bonds is 14. The van der Waals surface area contributed by atoms with Gasteiger partial charge < -0.3 is 0 Å². The van der Waals surface area contributed by atoms with Crippen LogP contribution in [0.25, 0.3) is 0 Å². The van der Waals surface area contributed by atoms with Gasteiger partial charge in [-0.2, -0.15) is 0 Å². The highest BCUT2D eigenvalue weighted by Gasteiger charge is 2.24. The molecule has 1 atom stereocenters. The largest absolute Gasteiger partial charge is 0.275 e. The molecular formula is C20H35NO2. The van der Waals surface area contributed by atoms with Crippen molar-refractivity contribution in [2.75, 3.05) is 6.54 Å². The second kappa shape index (κ2) is 12.3. The molecule has 132 valence electrons. The van der Waals surface area contributed by atoms with E-state index in [1.807, 2.05) is 0 Å². The lowest BCUT2D eigenvalue weighted by atomic mass is 10.0. The average molecular weight is 322 g/mol.